The number of aryl methyl sites for hydroxylation is 1. The van der Waals surface area contributed by atoms with E-state index in [2.05, 4.69) is 62.2 Å². The van der Waals surface area contributed by atoms with Gasteiger partial charge in [0.2, 0.25) is 5.91 Å². The van der Waals surface area contributed by atoms with E-state index < -0.39 is 38.8 Å². The van der Waals surface area contributed by atoms with Gasteiger partial charge in [0.1, 0.15) is 11.5 Å². The van der Waals surface area contributed by atoms with Crippen LogP contribution in [0.15, 0.2) is 89.3 Å². The van der Waals surface area contributed by atoms with Crippen LogP contribution in [0.3, 0.4) is 0 Å². The highest BCUT2D eigenvalue weighted by molar-refractivity contribution is 7.92. The van der Waals surface area contributed by atoms with Crippen LogP contribution < -0.4 is 30.9 Å². The van der Waals surface area contributed by atoms with Crippen molar-refractivity contribution in [3.8, 4) is 11.3 Å². The number of aromatic nitrogens is 4. The third-order valence-corrected chi connectivity index (χ3v) is 17.4. The van der Waals surface area contributed by atoms with E-state index in [1.165, 1.54) is 34.0 Å². The largest absolute Gasteiger partial charge is 0.408 e. The Labute approximate surface area is 417 Å². The summed E-state index contributed by atoms with van der Waals surface area (Å²) in [6.07, 6.45) is 2.88. The summed E-state index contributed by atoms with van der Waals surface area (Å²) in [4.78, 5) is 58.0. The molecule has 1 atom stereocenters. The van der Waals surface area contributed by atoms with Crippen molar-refractivity contribution >= 4 is 56.0 Å². The number of hydrogen-bond acceptors (Lipinski definition) is 12. The molecule has 0 spiro atoms. The van der Waals surface area contributed by atoms with Crippen molar-refractivity contribution in [3.63, 3.8) is 0 Å². The molecule has 0 unspecified atom stereocenters. The quantitative estimate of drug-likeness (QED) is 0.108. The SMILES string of the molecule is C=CC(=O)Nc1cc(Nc2nc(-c3ccnc(N4CCn5c(cc6c5CC(C)(C)C6)C4=O)c3CO)cn(C)c2=O)ccc1N1CCN(C2CCN(c3ccc(S(=O)(=O)C(C)(C)C(F)(F)F)cc3)CC2)C[C@@H]1C. The number of rotatable bonds is 12. The molecule has 1 aliphatic carbocycles. The molecule has 3 aliphatic heterocycles. The molecule has 2 saturated heterocycles. The van der Waals surface area contributed by atoms with Gasteiger partial charge in [-0.15, -0.1) is 0 Å². The lowest BCUT2D eigenvalue weighted by Crippen LogP contribution is -2.57. The Morgan fingerprint density at radius 2 is 1.69 bits per heavy atom. The van der Waals surface area contributed by atoms with Crippen molar-refractivity contribution < 1.29 is 36.3 Å². The van der Waals surface area contributed by atoms with Gasteiger partial charge >= 0.3 is 6.18 Å². The van der Waals surface area contributed by atoms with E-state index in [1.807, 2.05) is 18.2 Å². The smallest absolute Gasteiger partial charge is 0.392 e. The first-order valence-electron chi connectivity index (χ1n) is 24.2. The van der Waals surface area contributed by atoms with Crippen LogP contribution in [-0.4, -0.2) is 112 Å². The van der Waals surface area contributed by atoms with Crippen molar-refractivity contribution in [1.29, 1.82) is 0 Å². The summed E-state index contributed by atoms with van der Waals surface area (Å²) in [5, 5.41) is 17.0. The minimum absolute atomic E-state index is 0.00159. The highest BCUT2D eigenvalue weighted by atomic mass is 32.2. The summed E-state index contributed by atoms with van der Waals surface area (Å²) in [5.74, 6) is -0.277. The summed E-state index contributed by atoms with van der Waals surface area (Å²) in [6.45, 7) is 15.6. The first kappa shape index (κ1) is 50.4. The molecule has 382 valence electrons. The minimum Gasteiger partial charge on any atom is -0.392 e. The van der Waals surface area contributed by atoms with Crippen LogP contribution in [-0.2, 0) is 47.7 Å². The Bertz CT molecular complexity index is 3120. The van der Waals surface area contributed by atoms with Crippen molar-refractivity contribution in [2.45, 2.75) is 101 Å². The van der Waals surface area contributed by atoms with Crippen LogP contribution in [0, 0.1) is 5.41 Å². The van der Waals surface area contributed by atoms with Crippen LogP contribution in [0.4, 0.5) is 47.6 Å². The minimum atomic E-state index is -4.93. The fourth-order valence-electron chi connectivity index (χ4n) is 10.8. The van der Waals surface area contributed by atoms with Gasteiger partial charge in [0.25, 0.3) is 11.5 Å². The lowest BCUT2D eigenvalue weighted by atomic mass is 9.90. The molecular formula is C52H61F3N10O6S. The number of hydrogen-bond donors (Lipinski definition) is 3. The second-order valence-electron chi connectivity index (χ2n) is 20.6. The van der Waals surface area contributed by atoms with Gasteiger partial charge in [-0.25, -0.2) is 18.4 Å². The first-order valence-corrected chi connectivity index (χ1v) is 25.7. The van der Waals surface area contributed by atoms with Crippen LogP contribution in [0.25, 0.3) is 11.3 Å². The van der Waals surface area contributed by atoms with Gasteiger partial charge < -0.3 is 34.7 Å². The number of alkyl halides is 3. The maximum absolute atomic E-state index is 14.0. The lowest BCUT2D eigenvalue weighted by molar-refractivity contribution is -0.153. The maximum Gasteiger partial charge on any atom is 0.408 e. The molecule has 16 nitrogen and oxygen atoms in total. The second kappa shape index (κ2) is 18.8. The Balaban J connectivity index is 0.887. The molecule has 9 rings (SSSR count). The number of nitrogens with one attached hydrogen (secondary N) is 2. The zero-order chi connectivity index (χ0) is 51.7. The number of pyridine rings is 1. The number of piperidine rings is 1. The van der Waals surface area contributed by atoms with E-state index in [-0.39, 0.29) is 34.1 Å². The number of aliphatic hydroxyl groups excluding tert-OH is 1. The van der Waals surface area contributed by atoms with Gasteiger partial charge in [0, 0.05) is 106 Å². The summed E-state index contributed by atoms with van der Waals surface area (Å²) in [6, 6.07) is 15.1. The van der Waals surface area contributed by atoms with E-state index in [1.54, 1.807) is 48.6 Å². The van der Waals surface area contributed by atoms with Gasteiger partial charge in [0.05, 0.1) is 28.6 Å². The number of amides is 2. The fraction of sp³-hybridized carbons (Fsp3) is 0.442. The summed E-state index contributed by atoms with van der Waals surface area (Å²) >= 11 is 0. The number of carbonyl (C=O) groups is 2. The molecule has 0 bridgehead atoms. The molecule has 0 radical (unpaired) electrons. The predicted molar refractivity (Wildman–Crippen MR) is 272 cm³/mol. The molecule has 2 amide bonds. The molecule has 4 aliphatic rings. The highest BCUT2D eigenvalue weighted by Crippen LogP contribution is 2.42. The van der Waals surface area contributed by atoms with Crippen molar-refractivity contribution in [3.05, 3.63) is 113 Å². The van der Waals surface area contributed by atoms with Crippen LogP contribution in [0.2, 0.25) is 0 Å². The van der Waals surface area contributed by atoms with Crippen LogP contribution in [0.5, 0.6) is 0 Å². The highest BCUT2D eigenvalue weighted by Gasteiger charge is 2.57. The molecule has 3 aromatic heterocycles. The first-order chi connectivity index (χ1) is 34.0. The number of piperazine rings is 1. The van der Waals surface area contributed by atoms with E-state index >= 15 is 0 Å². The van der Waals surface area contributed by atoms with Gasteiger partial charge in [-0.1, -0.05) is 20.4 Å². The van der Waals surface area contributed by atoms with E-state index in [0.717, 1.165) is 50.1 Å². The average molecular weight is 1010 g/mol. The van der Waals surface area contributed by atoms with Crippen molar-refractivity contribution in [1.82, 2.24) is 24.0 Å². The molecule has 0 saturated carbocycles. The van der Waals surface area contributed by atoms with Gasteiger partial charge in [-0.05, 0) is 118 Å². The van der Waals surface area contributed by atoms with Crippen LogP contribution >= 0.6 is 0 Å². The summed E-state index contributed by atoms with van der Waals surface area (Å²) < 4.78 is 67.2. The Kier molecular flexibility index (Phi) is 13.2. The molecule has 3 N–H and O–H groups in total. The topological polar surface area (TPSA) is 178 Å². The molecule has 6 heterocycles. The van der Waals surface area contributed by atoms with Crippen molar-refractivity contribution in [2.75, 3.05) is 64.6 Å². The monoisotopic (exact) mass is 1010 g/mol. The standard InChI is InChI=1S/C52H61F3N10O6S/c1-8-45(67)58-40-26-34(9-14-42(40)63-22-21-62(29-32(63)2)36-16-19-61(20-17-36)35-10-12-37(13-11-35)72(70,71)51(5,6)52(53,54)55)57-46-49(69)60(7)30-41(59-46)38-15-18-56-47(39(38)31-66)65-24-23-64-43(48(65)68)25-33-27-50(3,4)28-44(33)64/h8-15,18,25-26,30,32,36,66H,1,16-17,19-24,27-29,31H2,2-7H3,(H,57,59)(H,58,67)/t32-/m0/s1. The molecule has 20 heteroatoms. The number of nitrogens with zero attached hydrogens (tertiary/aromatic N) is 8. The molecule has 2 fully saturated rings. The third kappa shape index (κ3) is 9.16. The van der Waals surface area contributed by atoms with Gasteiger partial charge in [-0.2, -0.15) is 13.2 Å². The third-order valence-electron chi connectivity index (χ3n) is 14.9. The molecule has 72 heavy (non-hydrogen) atoms. The normalized spacial score (nSPS) is 18.8. The fourth-order valence-corrected chi connectivity index (χ4v) is 12.2. The Hall–Kier alpha value is -6.51. The Morgan fingerprint density at radius 3 is 2.36 bits per heavy atom. The van der Waals surface area contributed by atoms with Crippen LogP contribution in [0.1, 0.15) is 74.8 Å². The molecular weight excluding hydrogens is 950 g/mol. The number of carbonyl (C=O) groups excluding carboxylic acids is 2. The Morgan fingerprint density at radius 1 is 0.972 bits per heavy atom. The number of halogens is 3. The van der Waals surface area contributed by atoms with E-state index in [9.17, 15) is 41.1 Å². The summed E-state index contributed by atoms with van der Waals surface area (Å²) in [5.41, 5.74) is 6.52. The number of fused-ring (bicyclic) bond motifs is 3. The maximum atomic E-state index is 14.0. The number of benzene rings is 2. The number of aliphatic hydroxyl groups is 1. The van der Waals surface area contributed by atoms with E-state index in [0.29, 0.717) is 86.3 Å². The zero-order valence-corrected chi connectivity index (χ0v) is 42.2. The van der Waals surface area contributed by atoms with Crippen molar-refractivity contribution in [2.24, 2.45) is 12.5 Å². The lowest BCUT2D eigenvalue weighted by Gasteiger charge is -2.47. The van der Waals surface area contributed by atoms with Gasteiger partial charge in [-0.3, -0.25) is 24.2 Å². The van der Waals surface area contributed by atoms with E-state index in [4.69, 9.17) is 4.98 Å². The predicted octanol–water partition coefficient (Wildman–Crippen LogP) is 7.08. The average Bonchev–Trinajstić information content (AvgIpc) is 3.84. The zero-order valence-electron chi connectivity index (χ0n) is 41.4. The number of anilines is 6. The molecule has 2 aromatic carbocycles. The summed E-state index contributed by atoms with van der Waals surface area (Å²) in [7, 11) is -3.06. The van der Waals surface area contributed by atoms with Gasteiger partial charge in [0.15, 0.2) is 20.4 Å². The molecule has 5 aromatic rings. The number of sulfone groups is 1. The second-order valence-corrected chi connectivity index (χ2v) is 23.1.